The standard InChI is InChI=1S/C14H22O5S/c1-2-3-4-5-6-7-10-13-11-8-9-12-14(13)18-19-20(15,16)17/h8-9,11-12H,2-7,10H2,1H3,(H,15,16,17). The summed E-state index contributed by atoms with van der Waals surface area (Å²) in [7, 11) is -4.60. The van der Waals surface area contributed by atoms with Gasteiger partial charge in [-0.1, -0.05) is 57.2 Å². The van der Waals surface area contributed by atoms with Crippen molar-refractivity contribution in [2.75, 3.05) is 0 Å². The van der Waals surface area contributed by atoms with Crippen molar-refractivity contribution < 1.29 is 22.2 Å². The van der Waals surface area contributed by atoms with E-state index >= 15 is 0 Å². The minimum atomic E-state index is -4.60. The van der Waals surface area contributed by atoms with Gasteiger partial charge in [-0.15, -0.1) is 0 Å². The molecule has 0 aliphatic carbocycles. The molecule has 6 heteroatoms. The van der Waals surface area contributed by atoms with E-state index in [-0.39, 0.29) is 0 Å². The number of aryl methyl sites for hydroxylation is 1. The Hall–Kier alpha value is -1.11. The van der Waals surface area contributed by atoms with Gasteiger partial charge in [0.05, 0.1) is 0 Å². The largest absolute Gasteiger partial charge is 0.432 e. The highest BCUT2D eigenvalue weighted by atomic mass is 32.3. The Morgan fingerprint density at radius 2 is 1.70 bits per heavy atom. The molecule has 0 spiro atoms. The second kappa shape index (κ2) is 8.94. The second-order valence-electron chi connectivity index (χ2n) is 4.70. The van der Waals surface area contributed by atoms with Crippen LogP contribution >= 0.6 is 0 Å². The lowest BCUT2D eigenvalue weighted by Gasteiger charge is -2.08. The molecule has 0 aliphatic heterocycles. The number of unbranched alkanes of at least 4 members (excludes halogenated alkanes) is 5. The highest BCUT2D eigenvalue weighted by molar-refractivity contribution is 7.80. The fourth-order valence-electron chi connectivity index (χ4n) is 1.97. The number of para-hydroxylation sites is 1. The fourth-order valence-corrected chi connectivity index (χ4v) is 2.13. The van der Waals surface area contributed by atoms with Crippen molar-refractivity contribution in [3.8, 4) is 5.75 Å². The smallest absolute Gasteiger partial charge is 0.319 e. The molecule has 0 fully saturated rings. The summed E-state index contributed by atoms with van der Waals surface area (Å²) in [6, 6.07) is 7.03. The summed E-state index contributed by atoms with van der Waals surface area (Å²) >= 11 is 0. The van der Waals surface area contributed by atoms with Crippen LogP contribution in [0.4, 0.5) is 0 Å². The average Bonchev–Trinajstić information content (AvgIpc) is 2.40. The Balaban J connectivity index is 2.41. The fraction of sp³-hybridized carbons (Fsp3) is 0.571. The zero-order chi connectivity index (χ0) is 14.8. The van der Waals surface area contributed by atoms with Gasteiger partial charge in [-0.05, 0) is 28.8 Å². The van der Waals surface area contributed by atoms with E-state index in [1.165, 1.54) is 25.7 Å². The van der Waals surface area contributed by atoms with Crippen LogP contribution in [0.25, 0.3) is 0 Å². The zero-order valence-electron chi connectivity index (χ0n) is 11.7. The molecule has 0 aliphatic rings. The molecule has 0 heterocycles. The number of rotatable bonds is 10. The molecule has 1 aromatic rings. The lowest BCUT2D eigenvalue weighted by Crippen LogP contribution is -2.08. The quantitative estimate of drug-likeness (QED) is 0.309. The van der Waals surface area contributed by atoms with Gasteiger partial charge in [-0.25, -0.2) is 0 Å². The number of hydrogen-bond donors (Lipinski definition) is 1. The third kappa shape index (κ3) is 7.47. The lowest BCUT2D eigenvalue weighted by molar-refractivity contribution is -0.103. The maximum Gasteiger partial charge on any atom is 0.432 e. The molecule has 1 rings (SSSR count). The van der Waals surface area contributed by atoms with E-state index in [1.54, 1.807) is 12.1 Å². The number of benzene rings is 1. The monoisotopic (exact) mass is 302 g/mol. The van der Waals surface area contributed by atoms with Gasteiger partial charge in [0.15, 0.2) is 5.75 Å². The lowest BCUT2D eigenvalue weighted by atomic mass is 10.0. The molecular formula is C14H22O5S. The maximum atomic E-state index is 10.5. The summed E-state index contributed by atoms with van der Waals surface area (Å²) in [5.74, 6) is 0.318. The van der Waals surface area contributed by atoms with E-state index in [2.05, 4.69) is 16.1 Å². The molecular weight excluding hydrogens is 280 g/mol. The third-order valence-electron chi connectivity index (χ3n) is 2.98. The molecule has 0 amide bonds. The summed E-state index contributed by atoms with van der Waals surface area (Å²) in [6.07, 6.45) is 7.88. The molecule has 0 aromatic heterocycles. The molecule has 1 N–H and O–H groups in total. The van der Waals surface area contributed by atoms with E-state index in [9.17, 15) is 8.42 Å². The summed E-state index contributed by atoms with van der Waals surface area (Å²) in [5.41, 5.74) is 0.867. The van der Waals surface area contributed by atoms with Gasteiger partial charge >= 0.3 is 10.4 Å². The van der Waals surface area contributed by atoms with Gasteiger partial charge in [0.25, 0.3) is 0 Å². The van der Waals surface area contributed by atoms with Crippen molar-refractivity contribution in [3.63, 3.8) is 0 Å². The van der Waals surface area contributed by atoms with Gasteiger partial charge in [-0.2, -0.15) is 8.42 Å². The van der Waals surface area contributed by atoms with Crippen LogP contribution in [0, 0.1) is 0 Å². The molecule has 0 unspecified atom stereocenters. The van der Waals surface area contributed by atoms with Crippen molar-refractivity contribution in [3.05, 3.63) is 29.8 Å². The van der Waals surface area contributed by atoms with Crippen molar-refractivity contribution in [2.24, 2.45) is 0 Å². The number of hydrogen-bond acceptors (Lipinski definition) is 4. The Morgan fingerprint density at radius 3 is 2.40 bits per heavy atom. The topological polar surface area (TPSA) is 72.8 Å². The summed E-state index contributed by atoms with van der Waals surface area (Å²) in [5, 5.41) is 0. The first-order chi connectivity index (χ1) is 9.53. The van der Waals surface area contributed by atoms with Crippen LogP contribution in [0.1, 0.15) is 51.0 Å². The van der Waals surface area contributed by atoms with Gasteiger partial charge in [0.1, 0.15) is 0 Å². The molecule has 1 aromatic carbocycles. The van der Waals surface area contributed by atoms with Crippen LogP contribution in [0.15, 0.2) is 24.3 Å². The summed E-state index contributed by atoms with van der Waals surface area (Å²) < 4.78 is 33.4. The second-order valence-corrected chi connectivity index (χ2v) is 5.70. The minimum Gasteiger partial charge on any atom is -0.319 e. The highest BCUT2D eigenvalue weighted by Crippen LogP contribution is 2.21. The first-order valence-corrected chi connectivity index (χ1v) is 8.31. The van der Waals surface area contributed by atoms with Gasteiger partial charge in [0, 0.05) is 0 Å². The Morgan fingerprint density at radius 1 is 1.05 bits per heavy atom. The molecule has 0 atom stereocenters. The van der Waals surface area contributed by atoms with E-state index in [0.29, 0.717) is 5.75 Å². The first-order valence-electron chi connectivity index (χ1n) is 6.94. The maximum absolute atomic E-state index is 10.5. The van der Waals surface area contributed by atoms with Crippen LogP contribution < -0.4 is 4.89 Å². The van der Waals surface area contributed by atoms with Crippen molar-refractivity contribution in [1.29, 1.82) is 0 Å². The molecule has 20 heavy (non-hydrogen) atoms. The molecule has 5 nitrogen and oxygen atoms in total. The Labute approximate surface area is 120 Å². The summed E-state index contributed by atoms with van der Waals surface area (Å²) in [6.45, 7) is 2.18. The van der Waals surface area contributed by atoms with Gasteiger partial charge < -0.3 is 4.89 Å². The summed E-state index contributed by atoms with van der Waals surface area (Å²) in [4.78, 5) is 4.66. The van der Waals surface area contributed by atoms with Crippen LogP contribution in [0.5, 0.6) is 5.75 Å². The molecule has 114 valence electrons. The first kappa shape index (κ1) is 16.9. The highest BCUT2D eigenvalue weighted by Gasteiger charge is 2.10. The normalized spacial score (nSPS) is 11.5. The minimum absolute atomic E-state index is 0.318. The zero-order valence-corrected chi connectivity index (χ0v) is 12.6. The van der Waals surface area contributed by atoms with E-state index < -0.39 is 10.4 Å². The molecule has 0 radical (unpaired) electrons. The molecule has 0 bridgehead atoms. The van der Waals surface area contributed by atoms with Gasteiger partial charge in [-0.3, -0.25) is 4.55 Å². The predicted octanol–water partition coefficient (Wildman–Crippen LogP) is 3.70. The van der Waals surface area contributed by atoms with Crippen molar-refractivity contribution >= 4 is 10.4 Å². The van der Waals surface area contributed by atoms with E-state index in [1.807, 2.05) is 12.1 Å². The van der Waals surface area contributed by atoms with E-state index in [4.69, 9.17) is 4.55 Å². The van der Waals surface area contributed by atoms with Crippen molar-refractivity contribution in [2.45, 2.75) is 51.9 Å². The van der Waals surface area contributed by atoms with Crippen LogP contribution in [-0.4, -0.2) is 13.0 Å². The van der Waals surface area contributed by atoms with Gasteiger partial charge in [0.2, 0.25) is 0 Å². The third-order valence-corrected chi connectivity index (χ3v) is 3.22. The molecule has 0 saturated carbocycles. The molecule has 0 saturated heterocycles. The van der Waals surface area contributed by atoms with Crippen molar-refractivity contribution in [1.82, 2.24) is 0 Å². The predicted molar refractivity (Wildman–Crippen MR) is 76.8 cm³/mol. The Kier molecular flexibility index (Phi) is 7.58. The average molecular weight is 302 g/mol. The Bertz CT molecular complexity index is 484. The van der Waals surface area contributed by atoms with Crippen LogP contribution in [-0.2, 0) is 21.2 Å². The SMILES string of the molecule is CCCCCCCCc1ccccc1OOS(=O)(=O)O. The van der Waals surface area contributed by atoms with Crippen LogP contribution in [0.3, 0.4) is 0 Å². The van der Waals surface area contributed by atoms with E-state index in [0.717, 1.165) is 24.8 Å². The van der Waals surface area contributed by atoms with Crippen LogP contribution in [0.2, 0.25) is 0 Å².